The molecule has 6 rings (SSSR count). The maximum absolute atomic E-state index is 12.7. The highest BCUT2D eigenvalue weighted by Crippen LogP contribution is 2.39. The van der Waals surface area contributed by atoms with Gasteiger partial charge in [-0.1, -0.05) is 61.4 Å². The quantitative estimate of drug-likeness (QED) is 0.893. The minimum absolute atomic E-state index is 0.300. The van der Waals surface area contributed by atoms with Gasteiger partial charge in [-0.25, -0.2) is 0 Å². The van der Waals surface area contributed by atoms with E-state index in [1.165, 1.54) is 35.1 Å². The van der Waals surface area contributed by atoms with Gasteiger partial charge in [0.1, 0.15) is 0 Å². The molecular weight excluding hydrogens is 332 g/mol. The molecular formula is C24H28N2O. The van der Waals surface area contributed by atoms with Gasteiger partial charge >= 0.3 is 0 Å². The molecule has 3 nitrogen and oxygen atoms in total. The molecule has 2 bridgehead atoms. The second kappa shape index (κ2) is 6.79. The number of hydrogen-bond acceptors (Lipinski definition) is 2. The summed E-state index contributed by atoms with van der Waals surface area (Å²) in [5.74, 6) is 1.26. The molecule has 1 saturated carbocycles. The fourth-order valence-electron chi connectivity index (χ4n) is 5.38. The minimum Gasteiger partial charge on any atom is -0.339 e. The van der Waals surface area contributed by atoms with Crippen molar-refractivity contribution in [2.24, 2.45) is 5.92 Å². The fourth-order valence-corrected chi connectivity index (χ4v) is 5.38. The lowest BCUT2D eigenvalue weighted by Gasteiger charge is -2.55. The van der Waals surface area contributed by atoms with Crippen LogP contribution in [0.4, 0.5) is 0 Å². The van der Waals surface area contributed by atoms with Gasteiger partial charge in [0.15, 0.2) is 0 Å². The van der Waals surface area contributed by atoms with Gasteiger partial charge in [0.2, 0.25) is 5.91 Å². The van der Waals surface area contributed by atoms with Crippen LogP contribution >= 0.6 is 0 Å². The summed E-state index contributed by atoms with van der Waals surface area (Å²) in [6.07, 6.45) is 4.65. The molecule has 2 aromatic rings. The van der Waals surface area contributed by atoms with Crippen LogP contribution in [0.2, 0.25) is 0 Å². The van der Waals surface area contributed by atoms with Gasteiger partial charge in [-0.05, 0) is 42.0 Å². The van der Waals surface area contributed by atoms with E-state index in [9.17, 15) is 4.79 Å². The lowest BCUT2D eigenvalue weighted by Crippen LogP contribution is -2.72. The summed E-state index contributed by atoms with van der Waals surface area (Å²) < 4.78 is 0. The average Bonchev–Trinajstić information content (AvgIpc) is 3.23. The lowest BCUT2D eigenvalue weighted by atomic mass is 9.73. The molecule has 1 unspecified atom stereocenters. The Bertz CT molecular complexity index is 826. The second-order valence-electron chi connectivity index (χ2n) is 8.57. The Morgan fingerprint density at radius 3 is 2.30 bits per heavy atom. The number of nitrogens with one attached hydrogen (secondary N) is 1. The molecule has 1 aliphatic carbocycles. The van der Waals surface area contributed by atoms with Gasteiger partial charge in [-0.2, -0.15) is 0 Å². The number of carbonyl (C=O) groups excluding carboxylic acids is 1. The summed E-state index contributed by atoms with van der Waals surface area (Å²) in [6, 6.07) is 18.5. The number of carbonyl (C=O) groups is 1. The van der Waals surface area contributed by atoms with Crippen molar-refractivity contribution in [2.75, 3.05) is 13.1 Å². The van der Waals surface area contributed by atoms with Gasteiger partial charge in [-0.15, -0.1) is 0 Å². The average molecular weight is 361 g/mol. The highest BCUT2D eigenvalue weighted by molar-refractivity contribution is 5.79. The van der Waals surface area contributed by atoms with Gasteiger partial charge in [0.05, 0.1) is 0 Å². The van der Waals surface area contributed by atoms with Crippen LogP contribution in [0.1, 0.15) is 42.7 Å². The normalized spacial score (nSPS) is 27.4. The first-order chi connectivity index (χ1) is 13.2. The molecule has 3 atom stereocenters. The number of nitrogens with zero attached hydrogens (tertiary/aromatic N) is 1. The van der Waals surface area contributed by atoms with Gasteiger partial charge in [-0.3, -0.25) is 4.79 Å². The Kier molecular flexibility index (Phi) is 4.28. The van der Waals surface area contributed by atoms with Crippen molar-refractivity contribution in [3.8, 4) is 11.1 Å². The van der Waals surface area contributed by atoms with Crippen LogP contribution in [0.3, 0.4) is 0 Å². The fraction of sp³-hybridized carbons (Fsp3) is 0.458. The number of aryl methyl sites for hydroxylation is 1. The SMILES string of the molecule is Cc1ccccc1-c1ccc(C2[C@@H]3CN(C(=O)C4CCCC4)C[C@H]2N3)cc1. The maximum atomic E-state index is 12.7. The minimum atomic E-state index is 0.300. The Morgan fingerprint density at radius 1 is 0.963 bits per heavy atom. The van der Waals surface area contributed by atoms with E-state index in [4.69, 9.17) is 0 Å². The molecule has 4 aliphatic rings. The molecule has 140 valence electrons. The zero-order valence-corrected chi connectivity index (χ0v) is 16.0. The van der Waals surface area contributed by atoms with Crippen LogP contribution in [-0.2, 0) is 4.79 Å². The predicted molar refractivity (Wildman–Crippen MR) is 109 cm³/mol. The lowest BCUT2D eigenvalue weighted by molar-refractivity contribution is -0.140. The first-order valence-corrected chi connectivity index (χ1v) is 10.4. The Labute approximate surface area is 161 Å². The first kappa shape index (κ1) is 17.0. The van der Waals surface area contributed by atoms with Crippen LogP contribution in [-0.4, -0.2) is 36.0 Å². The van der Waals surface area contributed by atoms with Crippen LogP contribution in [0.25, 0.3) is 11.1 Å². The molecule has 4 fully saturated rings. The Balaban J connectivity index is 1.28. The molecule has 3 heterocycles. The number of piperazine rings is 1. The third kappa shape index (κ3) is 2.98. The Hall–Kier alpha value is -2.13. The number of fused-ring (bicyclic) bond motifs is 2. The molecule has 2 aromatic carbocycles. The molecule has 1 amide bonds. The van der Waals surface area contributed by atoms with E-state index in [0.717, 1.165) is 25.9 Å². The summed E-state index contributed by atoms with van der Waals surface area (Å²) in [6.45, 7) is 3.91. The molecule has 0 radical (unpaired) electrons. The van der Waals surface area contributed by atoms with E-state index in [0.29, 0.717) is 29.8 Å². The smallest absolute Gasteiger partial charge is 0.225 e. The molecule has 3 saturated heterocycles. The Morgan fingerprint density at radius 2 is 1.63 bits per heavy atom. The van der Waals surface area contributed by atoms with Crippen LogP contribution in [0.5, 0.6) is 0 Å². The molecule has 27 heavy (non-hydrogen) atoms. The highest BCUT2D eigenvalue weighted by Gasteiger charge is 2.48. The van der Waals surface area contributed by atoms with Crippen LogP contribution in [0, 0.1) is 12.8 Å². The maximum Gasteiger partial charge on any atom is 0.225 e. The largest absolute Gasteiger partial charge is 0.339 e. The molecule has 3 aliphatic heterocycles. The third-order valence-corrected chi connectivity index (χ3v) is 6.90. The molecule has 1 N–H and O–H groups in total. The van der Waals surface area contributed by atoms with E-state index < -0.39 is 0 Å². The molecule has 0 spiro atoms. The molecule has 0 aromatic heterocycles. The zero-order valence-electron chi connectivity index (χ0n) is 16.0. The standard InChI is InChI=1S/C24H28N2O/c1-16-6-2-5-9-20(16)17-10-12-18(13-11-17)23-21-14-26(15-22(23)25-21)24(27)19-7-3-4-8-19/h2,5-6,9-13,19,21-23,25H,3-4,7-8,14-15H2,1H3/t21-,22+,23?. The van der Waals surface area contributed by atoms with Crippen LogP contribution < -0.4 is 5.32 Å². The highest BCUT2D eigenvalue weighted by atomic mass is 16.2. The summed E-state index contributed by atoms with van der Waals surface area (Å²) in [7, 11) is 0. The van der Waals surface area contributed by atoms with Crippen molar-refractivity contribution in [1.82, 2.24) is 10.2 Å². The van der Waals surface area contributed by atoms with E-state index in [2.05, 4.69) is 65.7 Å². The summed E-state index contributed by atoms with van der Waals surface area (Å²) >= 11 is 0. The topological polar surface area (TPSA) is 32.3 Å². The van der Waals surface area contributed by atoms with Crippen LogP contribution in [0.15, 0.2) is 48.5 Å². The zero-order chi connectivity index (χ0) is 18.4. The summed E-state index contributed by atoms with van der Waals surface area (Å²) in [5.41, 5.74) is 5.32. The van der Waals surface area contributed by atoms with E-state index in [-0.39, 0.29) is 0 Å². The molecule has 3 heteroatoms. The van der Waals surface area contributed by atoms with Crippen molar-refractivity contribution < 1.29 is 4.79 Å². The third-order valence-electron chi connectivity index (χ3n) is 6.90. The number of amides is 1. The number of rotatable bonds is 3. The van der Waals surface area contributed by atoms with Crippen molar-refractivity contribution in [2.45, 2.75) is 50.6 Å². The van der Waals surface area contributed by atoms with Gasteiger partial charge in [0.25, 0.3) is 0 Å². The van der Waals surface area contributed by atoms with E-state index >= 15 is 0 Å². The number of hydrogen-bond donors (Lipinski definition) is 1. The second-order valence-corrected chi connectivity index (χ2v) is 8.57. The summed E-state index contributed by atoms with van der Waals surface area (Å²) in [4.78, 5) is 14.9. The monoisotopic (exact) mass is 360 g/mol. The first-order valence-electron chi connectivity index (χ1n) is 10.4. The van der Waals surface area contributed by atoms with Crippen molar-refractivity contribution in [3.63, 3.8) is 0 Å². The van der Waals surface area contributed by atoms with E-state index in [1.54, 1.807) is 0 Å². The van der Waals surface area contributed by atoms with Crippen molar-refractivity contribution >= 4 is 5.91 Å². The van der Waals surface area contributed by atoms with Crippen molar-refractivity contribution in [1.29, 1.82) is 0 Å². The predicted octanol–water partition coefficient (Wildman–Crippen LogP) is 4.12. The van der Waals surface area contributed by atoms with Gasteiger partial charge < -0.3 is 10.2 Å². The van der Waals surface area contributed by atoms with E-state index in [1.807, 2.05) is 0 Å². The summed E-state index contributed by atoms with van der Waals surface area (Å²) in [5, 5.41) is 3.66. The van der Waals surface area contributed by atoms with Crippen molar-refractivity contribution in [3.05, 3.63) is 59.7 Å². The number of benzene rings is 2. The number of piperidine rings is 1. The van der Waals surface area contributed by atoms with Gasteiger partial charge in [0, 0.05) is 37.0 Å².